The summed E-state index contributed by atoms with van der Waals surface area (Å²) in [7, 11) is 3.29. The Morgan fingerprint density at radius 2 is 2.04 bits per heavy atom. The Morgan fingerprint density at radius 1 is 1.28 bits per heavy atom. The van der Waals surface area contributed by atoms with Crippen LogP contribution in [-0.2, 0) is 11.2 Å². The number of aromatic amines is 1. The number of benzene rings is 1. The zero-order valence-corrected chi connectivity index (χ0v) is 15.6. The minimum absolute atomic E-state index is 0.0857. The second-order valence-electron chi connectivity index (χ2n) is 6.61. The molecule has 6 heteroatoms. The molecule has 0 fully saturated rings. The first-order chi connectivity index (χ1) is 11.9. The van der Waals surface area contributed by atoms with Crippen LogP contribution in [0.15, 0.2) is 18.2 Å². The fourth-order valence-corrected chi connectivity index (χ4v) is 2.97. The SMILES string of the molecule is CCCC(C)(N)C(=O)NCCCc1cc2c(OC)cc(OC)cc2[nH]1. The van der Waals surface area contributed by atoms with E-state index in [1.54, 1.807) is 21.1 Å². The Morgan fingerprint density at radius 3 is 2.68 bits per heavy atom. The van der Waals surface area contributed by atoms with Crippen LogP contribution < -0.4 is 20.5 Å². The van der Waals surface area contributed by atoms with Gasteiger partial charge in [-0.25, -0.2) is 0 Å². The number of methoxy groups -OCH3 is 2. The largest absolute Gasteiger partial charge is 0.497 e. The molecule has 0 aliphatic rings. The Hall–Kier alpha value is -2.21. The van der Waals surface area contributed by atoms with E-state index in [4.69, 9.17) is 15.2 Å². The molecule has 1 amide bonds. The lowest BCUT2D eigenvalue weighted by Crippen LogP contribution is -2.51. The van der Waals surface area contributed by atoms with Crippen molar-refractivity contribution in [2.24, 2.45) is 5.73 Å². The van der Waals surface area contributed by atoms with Crippen LogP contribution in [0.5, 0.6) is 11.5 Å². The third kappa shape index (κ3) is 4.66. The number of H-pyrrole nitrogens is 1. The van der Waals surface area contributed by atoms with Crippen LogP contribution in [0.1, 0.15) is 38.8 Å². The first-order valence-electron chi connectivity index (χ1n) is 8.72. The molecule has 0 bridgehead atoms. The number of hydrogen-bond donors (Lipinski definition) is 3. The van der Waals surface area contributed by atoms with Crippen molar-refractivity contribution in [3.8, 4) is 11.5 Å². The highest BCUT2D eigenvalue weighted by molar-refractivity contribution is 5.88. The number of aryl methyl sites for hydroxylation is 1. The van der Waals surface area contributed by atoms with Crippen molar-refractivity contribution in [2.75, 3.05) is 20.8 Å². The molecule has 1 unspecified atom stereocenters. The van der Waals surface area contributed by atoms with E-state index in [0.29, 0.717) is 13.0 Å². The van der Waals surface area contributed by atoms with Gasteiger partial charge in [0.05, 0.1) is 25.3 Å². The standard InChI is InChI=1S/C19H29N3O3/c1-5-8-19(2,20)18(23)21-9-6-7-13-10-15-16(22-13)11-14(24-3)12-17(15)25-4/h10-12,22H,5-9,20H2,1-4H3,(H,21,23). The average molecular weight is 347 g/mol. The maximum absolute atomic E-state index is 12.1. The number of carbonyl (C=O) groups is 1. The maximum Gasteiger partial charge on any atom is 0.239 e. The van der Waals surface area contributed by atoms with Crippen molar-refractivity contribution in [2.45, 2.75) is 45.1 Å². The van der Waals surface area contributed by atoms with Crippen molar-refractivity contribution in [3.63, 3.8) is 0 Å². The van der Waals surface area contributed by atoms with Crippen LogP contribution in [0.2, 0.25) is 0 Å². The molecule has 0 radical (unpaired) electrons. The van der Waals surface area contributed by atoms with Crippen molar-refractivity contribution < 1.29 is 14.3 Å². The van der Waals surface area contributed by atoms with Crippen LogP contribution in [0.3, 0.4) is 0 Å². The number of nitrogens with one attached hydrogen (secondary N) is 2. The monoisotopic (exact) mass is 347 g/mol. The van der Waals surface area contributed by atoms with Crippen LogP contribution >= 0.6 is 0 Å². The number of amides is 1. The Bertz CT molecular complexity index is 722. The van der Waals surface area contributed by atoms with Crippen LogP contribution in [-0.4, -0.2) is 37.2 Å². The van der Waals surface area contributed by atoms with E-state index in [2.05, 4.69) is 16.4 Å². The third-order valence-corrected chi connectivity index (χ3v) is 4.38. The number of carbonyl (C=O) groups excluding carboxylic acids is 1. The second-order valence-corrected chi connectivity index (χ2v) is 6.61. The van der Waals surface area contributed by atoms with E-state index in [1.165, 1.54) is 0 Å². The molecule has 2 rings (SSSR count). The third-order valence-electron chi connectivity index (χ3n) is 4.38. The number of nitrogens with two attached hydrogens (primary N) is 1. The second kappa shape index (κ2) is 8.25. The maximum atomic E-state index is 12.1. The van der Waals surface area contributed by atoms with E-state index < -0.39 is 5.54 Å². The van der Waals surface area contributed by atoms with Gasteiger partial charge in [-0.15, -0.1) is 0 Å². The zero-order valence-electron chi connectivity index (χ0n) is 15.6. The van der Waals surface area contributed by atoms with Crippen molar-refractivity contribution >= 4 is 16.8 Å². The van der Waals surface area contributed by atoms with Gasteiger partial charge in [0.2, 0.25) is 5.91 Å². The highest BCUT2D eigenvalue weighted by atomic mass is 16.5. The summed E-state index contributed by atoms with van der Waals surface area (Å²) in [4.78, 5) is 15.5. The summed E-state index contributed by atoms with van der Waals surface area (Å²) in [5.74, 6) is 1.45. The normalized spacial score (nSPS) is 13.5. The number of ether oxygens (including phenoxy) is 2. The first-order valence-corrected chi connectivity index (χ1v) is 8.72. The summed E-state index contributed by atoms with van der Waals surface area (Å²) in [5, 5.41) is 3.96. The minimum atomic E-state index is -0.792. The first kappa shape index (κ1) is 19.1. The van der Waals surface area contributed by atoms with Crippen LogP contribution in [0.25, 0.3) is 10.9 Å². The molecule has 0 aliphatic carbocycles. The lowest BCUT2D eigenvalue weighted by molar-refractivity contribution is -0.126. The van der Waals surface area contributed by atoms with Gasteiger partial charge in [-0.3, -0.25) is 4.79 Å². The molecule has 0 saturated carbocycles. The van der Waals surface area contributed by atoms with Gasteiger partial charge in [0.25, 0.3) is 0 Å². The Labute approximate surface area is 149 Å². The number of fused-ring (bicyclic) bond motifs is 1. The summed E-state index contributed by atoms with van der Waals surface area (Å²) in [6.45, 7) is 4.41. The molecular formula is C19H29N3O3. The molecule has 0 saturated heterocycles. The van der Waals surface area contributed by atoms with Crippen molar-refractivity contribution in [3.05, 3.63) is 23.9 Å². The predicted octanol–water partition coefficient (Wildman–Crippen LogP) is 2.75. The van der Waals surface area contributed by atoms with Gasteiger partial charge in [-0.2, -0.15) is 0 Å². The molecule has 138 valence electrons. The highest BCUT2D eigenvalue weighted by Gasteiger charge is 2.26. The summed E-state index contributed by atoms with van der Waals surface area (Å²) in [5.41, 5.74) is 7.32. The Kier molecular flexibility index (Phi) is 6.31. The topological polar surface area (TPSA) is 89.4 Å². The van der Waals surface area contributed by atoms with E-state index in [-0.39, 0.29) is 5.91 Å². The molecule has 4 N–H and O–H groups in total. The smallest absolute Gasteiger partial charge is 0.239 e. The van der Waals surface area contributed by atoms with E-state index in [0.717, 1.165) is 47.4 Å². The predicted molar refractivity (Wildman–Crippen MR) is 100 cm³/mol. The van der Waals surface area contributed by atoms with E-state index in [1.807, 2.05) is 19.1 Å². The average Bonchev–Trinajstić information content (AvgIpc) is 3.00. The summed E-state index contributed by atoms with van der Waals surface area (Å²) in [6, 6.07) is 5.91. The van der Waals surface area contributed by atoms with Crippen molar-refractivity contribution in [1.29, 1.82) is 0 Å². The summed E-state index contributed by atoms with van der Waals surface area (Å²) < 4.78 is 10.7. The molecule has 0 spiro atoms. The fourth-order valence-electron chi connectivity index (χ4n) is 2.97. The highest BCUT2D eigenvalue weighted by Crippen LogP contribution is 2.31. The molecule has 2 aromatic rings. The number of aromatic nitrogens is 1. The number of hydrogen-bond acceptors (Lipinski definition) is 4. The van der Waals surface area contributed by atoms with Gasteiger partial charge in [-0.1, -0.05) is 13.3 Å². The van der Waals surface area contributed by atoms with E-state index in [9.17, 15) is 4.79 Å². The van der Waals surface area contributed by atoms with Gasteiger partial charge in [0.15, 0.2) is 0 Å². The molecule has 1 aromatic heterocycles. The van der Waals surface area contributed by atoms with E-state index >= 15 is 0 Å². The zero-order chi connectivity index (χ0) is 18.4. The molecular weight excluding hydrogens is 318 g/mol. The van der Waals surface area contributed by atoms with Gasteiger partial charge < -0.3 is 25.5 Å². The minimum Gasteiger partial charge on any atom is -0.497 e. The quantitative estimate of drug-likeness (QED) is 0.609. The molecule has 0 aliphatic heterocycles. The Balaban J connectivity index is 1.94. The fraction of sp³-hybridized carbons (Fsp3) is 0.526. The van der Waals surface area contributed by atoms with Crippen LogP contribution in [0.4, 0.5) is 0 Å². The van der Waals surface area contributed by atoms with Gasteiger partial charge in [0, 0.05) is 29.8 Å². The van der Waals surface area contributed by atoms with Crippen molar-refractivity contribution in [1.82, 2.24) is 10.3 Å². The molecule has 25 heavy (non-hydrogen) atoms. The molecule has 1 heterocycles. The number of rotatable bonds is 9. The molecule has 1 atom stereocenters. The van der Waals surface area contributed by atoms with Gasteiger partial charge in [-0.05, 0) is 32.3 Å². The summed E-state index contributed by atoms with van der Waals surface area (Å²) >= 11 is 0. The lowest BCUT2D eigenvalue weighted by atomic mass is 9.96. The molecule has 1 aromatic carbocycles. The van der Waals surface area contributed by atoms with Crippen LogP contribution in [0, 0.1) is 0 Å². The van der Waals surface area contributed by atoms with Gasteiger partial charge >= 0.3 is 0 Å². The molecule has 6 nitrogen and oxygen atoms in total. The van der Waals surface area contributed by atoms with Gasteiger partial charge in [0.1, 0.15) is 11.5 Å². The summed E-state index contributed by atoms with van der Waals surface area (Å²) in [6.07, 6.45) is 3.24. The lowest BCUT2D eigenvalue weighted by Gasteiger charge is -2.22.